The summed E-state index contributed by atoms with van der Waals surface area (Å²) in [5.41, 5.74) is 1.06. The number of aryl methyl sites for hydroxylation is 1. The lowest BCUT2D eigenvalue weighted by atomic mass is 10.0. The third-order valence-corrected chi connectivity index (χ3v) is 2.70. The Morgan fingerprint density at radius 3 is 2.22 bits per heavy atom. The second kappa shape index (κ2) is 4.56. The van der Waals surface area contributed by atoms with E-state index in [2.05, 4.69) is 0 Å². The lowest BCUT2D eigenvalue weighted by Crippen LogP contribution is -2.00. The van der Waals surface area contributed by atoms with E-state index < -0.39 is 17.3 Å². The van der Waals surface area contributed by atoms with E-state index in [0.717, 1.165) is 6.07 Å². The third kappa shape index (κ3) is 2.22. The molecule has 0 aliphatic rings. The highest BCUT2D eigenvalue weighted by molar-refractivity contribution is 5.89. The molecule has 0 saturated carbocycles. The van der Waals surface area contributed by atoms with E-state index in [0.29, 0.717) is 16.7 Å². The van der Waals surface area contributed by atoms with Crippen LogP contribution in [0.2, 0.25) is 0 Å². The van der Waals surface area contributed by atoms with Gasteiger partial charge in [-0.05, 0) is 41.8 Å². The van der Waals surface area contributed by atoms with Gasteiger partial charge in [0, 0.05) is 0 Å². The fourth-order valence-electron chi connectivity index (χ4n) is 1.64. The summed E-state index contributed by atoms with van der Waals surface area (Å²) < 4.78 is 26.6. The molecule has 2 aromatic rings. The molecule has 0 unspecified atom stereocenters. The zero-order valence-corrected chi connectivity index (χ0v) is 9.58. The van der Waals surface area contributed by atoms with E-state index in [4.69, 9.17) is 5.11 Å². The van der Waals surface area contributed by atoms with Crippen LogP contribution in [-0.4, -0.2) is 11.1 Å². The van der Waals surface area contributed by atoms with E-state index in [-0.39, 0.29) is 5.82 Å². The second-order valence-electron chi connectivity index (χ2n) is 3.96. The molecule has 1 N–H and O–H groups in total. The molecule has 0 aromatic heterocycles. The van der Waals surface area contributed by atoms with Gasteiger partial charge < -0.3 is 5.11 Å². The summed E-state index contributed by atoms with van der Waals surface area (Å²) in [6.07, 6.45) is 0. The fraction of sp³-hybridized carbons (Fsp3) is 0.0714. The zero-order chi connectivity index (χ0) is 13.3. The molecular formula is C14H10F2O2. The minimum Gasteiger partial charge on any atom is -0.478 e. The van der Waals surface area contributed by atoms with Crippen LogP contribution in [0.1, 0.15) is 15.9 Å². The summed E-state index contributed by atoms with van der Waals surface area (Å²) in [5.74, 6) is -2.53. The highest BCUT2D eigenvalue weighted by Crippen LogP contribution is 2.24. The van der Waals surface area contributed by atoms with Gasteiger partial charge in [-0.1, -0.05) is 18.2 Å². The van der Waals surface area contributed by atoms with Crippen LogP contribution in [0.3, 0.4) is 0 Å². The molecule has 18 heavy (non-hydrogen) atoms. The van der Waals surface area contributed by atoms with Gasteiger partial charge in [-0.25, -0.2) is 13.6 Å². The van der Waals surface area contributed by atoms with Crippen molar-refractivity contribution in [2.45, 2.75) is 6.92 Å². The van der Waals surface area contributed by atoms with Crippen molar-refractivity contribution < 1.29 is 18.7 Å². The maximum Gasteiger partial charge on any atom is 0.338 e. The molecule has 2 aromatic carbocycles. The molecule has 92 valence electrons. The normalized spacial score (nSPS) is 10.4. The maximum atomic E-state index is 13.4. The Labute approximate surface area is 103 Å². The summed E-state index contributed by atoms with van der Waals surface area (Å²) in [4.78, 5) is 10.8. The first-order valence-electron chi connectivity index (χ1n) is 5.28. The second-order valence-corrected chi connectivity index (χ2v) is 3.96. The van der Waals surface area contributed by atoms with E-state index >= 15 is 0 Å². The SMILES string of the molecule is Cc1ccc(-c2ccc(F)c(C(=O)O)c2)cc1F. The number of hydrogen-bond acceptors (Lipinski definition) is 1. The molecule has 2 rings (SSSR count). The van der Waals surface area contributed by atoms with Gasteiger partial charge in [0.2, 0.25) is 0 Å². The Balaban J connectivity index is 2.54. The van der Waals surface area contributed by atoms with Crippen molar-refractivity contribution in [1.82, 2.24) is 0 Å². The van der Waals surface area contributed by atoms with Crippen molar-refractivity contribution in [3.05, 3.63) is 59.2 Å². The van der Waals surface area contributed by atoms with Crippen LogP contribution in [0, 0.1) is 18.6 Å². The van der Waals surface area contributed by atoms with Crippen molar-refractivity contribution in [1.29, 1.82) is 0 Å². The van der Waals surface area contributed by atoms with Crippen molar-refractivity contribution in [3.63, 3.8) is 0 Å². The summed E-state index contributed by atoms with van der Waals surface area (Å²) in [6, 6.07) is 8.24. The Morgan fingerprint density at radius 1 is 1.00 bits per heavy atom. The highest BCUT2D eigenvalue weighted by Gasteiger charge is 2.12. The molecule has 0 radical (unpaired) electrons. The Bertz CT molecular complexity index is 621. The lowest BCUT2D eigenvalue weighted by Gasteiger charge is -2.05. The molecule has 0 aliphatic carbocycles. The first-order valence-corrected chi connectivity index (χ1v) is 5.28. The topological polar surface area (TPSA) is 37.3 Å². The fourth-order valence-corrected chi connectivity index (χ4v) is 1.64. The maximum absolute atomic E-state index is 13.4. The molecule has 0 spiro atoms. The van der Waals surface area contributed by atoms with Gasteiger partial charge in [-0.2, -0.15) is 0 Å². The van der Waals surface area contributed by atoms with E-state index in [9.17, 15) is 13.6 Å². The van der Waals surface area contributed by atoms with Crippen LogP contribution in [0.15, 0.2) is 36.4 Å². The minimum absolute atomic E-state index is 0.381. The molecule has 0 fully saturated rings. The van der Waals surface area contributed by atoms with Crippen LogP contribution in [0.5, 0.6) is 0 Å². The van der Waals surface area contributed by atoms with Crippen LogP contribution in [-0.2, 0) is 0 Å². The smallest absolute Gasteiger partial charge is 0.338 e. The van der Waals surface area contributed by atoms with Gasteiger partial charge in [0.25, 0.3) is 0 Å². The molecule has 0 aliphatic heterocycles. The largest absolute Gasteiger partial charge is 0.478 e. The predicted molar refractivity (Wildman–Crippen MR) is 63.5 cm³/mol. The molecule has 0 bridgehead atoms. The number of hydrogen-bond donors (Lipinski definition) is 1. The van der Waals surface area contributed by atoms with E-state index in [1.54, 1.807) is 19.1 Å². The third-order valence-electron chi connectivity index (χ3n) is 2.70. The number of carbonyl (C=O) groups is 1. The standard InChI is InChI=1S/C14H10F2O2/c1-8-2-3-10(7-13(8)16)9-4-5-12(15)11(6-9)14(17)18/h2-7H,1H3,(H,17,18). The molecule has 0 atom stereocenters. The number of benzene rings is 2. The van der Waals surface area contributed by atoms with Crippen molar-refractivity contribution >= 4 is 5.97 Å². The van der Waals surface area contributed by atoms with Gasteiger partial charge in [0.05, 0.1) is 5.56 Å². The van der Waals surface area contributed by atoms with Gasteiger partial charge in [-0.15, -0.1) is 0 Å². The summed E-state index contributed by atoms with van der Waals surface area (Å²) >= 11 is 0. The zero-order valence-electron chi connectivity index (χ0n) is 9.58. The van der Waals surface area contributed by atoms with Crippen molar-refractivity contribution in [2.75, 3.05) is 0 Å². The number of carboxylic acids is 1. The first kappa shape index (κ1) is 12.2. The van der Waals surface area contributed by atoms with Gasteiger partial charge in [0.15, 0.2) is 0 Å². The molecule has 2 nitrogen and oxygen atoms in total. The number of rotatable bonds is 2. The summed E-state index contributed by atoms with van der Waals surface area (Å²) in [6.45, 7) is 1.63. The number of carboxylic acid groups (broad SMARTS) is 1. The molecule has 0 saturated heterocycles. The minimum atomic E-state index is -1.35. The number of halogens is 2. The average Bonchev–Trinajstić information content (AvgIpc) is 2.33. The Morgan fingerprint density at radius 2 is 1.61 bits per heavy atom. The highest BCUT2D eigenvalue weighted by atomic mass is 19.1. The van der Waals surface area contributed by atoms with Crippen LogP contribution >= 0.6 is 0 Å². The first-order chi connectivity index (χ1) is 8.49. The summed E-state index contributed by atoms with van der Waals surface area (Å²) in [7, 11) is 0. The van der Waals surface area contributed by atoms with E-state index in [1.165, 1.54) is 18.2 Å². The molecule has 0 heterocycles. The Hall–Kier alpha value is -2.23. The van der Waals surface area contributed by atoms with Crippen LogP contribution < -0.4 is 0 Å². The van der Waals surface area contributed by atoms with E-state index in [1.807, 2.05) is 0 Å². The van der Waals surface area contributed by atoms with Crippen LogP contribution in [0.25, 0.3) is 11.1 Å². The quantitative estimate of drug-likeness (QED) is 0.880. The molecular weight excluding hydrogens is 238 g/mol. The lowest BCUT2D eigenvalue weighted by molar-refractivity contribution is 0.0692. The Kier molecular flexibility index (Phi) is 3.10. The molecule has 0 amide bonds. The average molecular weight is 248 g/mol. The monoisotopic (exact) mass is 248 g/mol. The van der Waals surface area contributed by atoms with Crippen molar-refractivity contribution in [3.8, 4) is 11.1 Å². The number of aromatic carboxylic acids is 1. The van der Waals surface area contributed by atoms with Gasteiger partial charge in [0.1, 0.15) is 11.6 Å². The molecule has 4 heteroatoms. The van der Waals surface area contributed by atoms with Gasteiger partial charge >= 0.3 is 5.97 Å². The van der Waals surface area contributed by atoms with Crippen LogP contribution in [0.4, 0.5) is 8.78 Å². The van der Waals surface area contributed by atoms with Crippen molar-refractivity contribution in [2.24, 2.45) is 0 Å². The predicted octanol–water partition coefficient (Wildman–Crippen LogP) is 3.64. The summed E-state index contributed by atoms with van der Waals surface area (Å²) in [5, 5.41) is 8.82. The van der Waals surface area contributed by atoms with Gasteiger partial charge in [-0.3, -0.25) is 0 Å².